The molecule has 2 heterocycles. The minimum Gasteiger partial charge on any atom is -0.486 e. The highest BCUT2D eigenvalue weighted by molar-refractivity contribution is 6.09. The summed E-state index contributed by atoms with van der Waals surface area (Å²) in [7, 11) is 0. The summed E-state index contributed by atoms with van der Waals surface area (Å²) < 4.78 is 24.3. The van der Waals surface area contributed by atoms with Gasteiger partial charge in [0.05, 0.1) is 0 Å². The fraction of sp³-hybridized carbons (Fsp3) is 0.348. The first-order valence-electron chi connectivity index (χ1n) is 10.5. The van der Waals surface area contributed by atoms with Crippen molar-refractivity contribution in [2.45, 2.75) is 25.3 Å². The largest absolute Gasteiger partial charge is 0.486 e. The van der Waals surface area contributed by atoms with Gasteiger partial charge in [0.15, 0.2) is 11.5 Å². The van der Waals surface area contributed by atoms with Crippen LogP contribution in [0, 0.1) is 5.82 Å². The predicted octanol–water partition coefficient (Wildman–Crippen LogP) is 2.11. The summed E-state index contributed by atoms with van der Waals surface area (Å²) in [5, 5.41) is 5.42. The Morgan fingerprint density at radius 3 is 2.56 bits per heavy atom. The topological polar surface area (TPSA) is 97.0 Å². The van der Waals surface area contributed by atoms with Gasteiger partial charge in [0.2, 0.25) is 5.91 Å². The molecule has 1 fully saturated rings. The first kappa shape index (κ1) is 21.6. The summed E-state index contributed by atoms with van der Waals surface area (Å²) in [5.74, 6) is -0.0408. The zero-order chi connectivity index (χ0) is 22.7. The van der Waals surface area contributed by atoms with Gasteiger partial charge in [0.1, 0.15) is 31.1 Å². The molecule has 2 aromatic rings. The number of amides is 4. The van der Waals surface area contributed by atoms with Crippen molar-refractivity contribution < 1.29 is 28.2 Å². The van der Waals surface area contributed by atoms with Crippen LogP contribution in [0.1, 0.15) is 24.5 Å². The molecular formula is C23H24FN3O5. The minimum absolute atomic E-state index is 0.269. The van der Waals surface area contributed by atoms with Crippen LogP contribution in [0.3, 0.4) is 0 Å². The van der Waals surface area contributed by atoms with E-state index in [4.69, 9.17) is 9.47 Å². The van der Waals surface area contributed by atoms with Crippen molar-refractivity contribution in [3.05, 3.63) is 59.4 Å². The fourth-order valence-corrected chi connectivity index (χ4v) is 3.93. The Labute approximate surface area is 184 Å². The fourth-order valence-electron chi connectivity index (χ4n) is 3.93. The average Bonchev–Trinajstić information content (AvgIpc) is 3.04. The van der Waals surface area contributed by atoms with E-state index >= 15 is 0 Å². The van der Waals surface area contributed by atoms with E-state index in [9.17, 15) is 18.8 Å². The van der Waals surface area contributed by atoms with Crippen LogP contribution < -0.4 is 20.1 Å². The molecule has 168 valence electrons. The molecule has 0 spiro atoms. The molecule has 32 heavy (non-hydrogen) atoms. The second-order valence-electron chi connectivity index (χ2n) is 7.67. The van der Waals surface area contributed by atoms with Crippen molar-refractivity contribution in [1.29, 1.82) is 0 Å². The lowest BCUT2D eigenvalue weighted by atomic mass is 9.87. The van der Waals surface area contributed by atoms with E-state index < -0.39 is 35.7 Å². The van der Waals surface area contributed by atoms with Crippen LogP contribution in [0.25, 0.3) is 0 Å². The molecule has 2 aromatic carbocycles. The maximum absolute atomic E-state index is 13.3. The Hall–Kier alpha value is -3.62. The average molecular weight is 441 g/mol. The third-order valence-electron chi connectivity index (χ3n) is 5.69. The Balaban J connectivity index is 1.35. The number of nitrogens with one attached hydrogen (secondary N) is 2. The predicted molar refractivity (Wildman–Crippen MR) is 113 cm³/mol. The first-order valence-corrected chi connectivity index (χ1v) is 10.5. The van der Waals surface area contributed by atoms with Crippen LogP contribution in [0.4, 0.5) is 9.18 Å². The molecule has 4 rings (SSSR count). The van der Waals surface area contributed by atoms with Gasteiger partial charge in [-0.25, -0.2) is 9.18 Å². The number of carbonyl (C=O) groups is 3. The Kier molecular flexibility index (Phi) is 5.98. The van der Waals surface area contributed by atoms with Crippen molar-refractivity contribution in [3.63, 3.8) is 0 Å². The number of nitrogens with zero attached hydrogens (tertiary/aromatic N) is 1. The van der Waals surface area contributed by atoms with E-state index in [0.29, 0.717) is 43.2 Å². The summed E-state index contributed by atoms with van der Waals surface area (Å²) in [4.78, 5) is 38.9. The van der Waals surface area contributed by atoms with Gasteiger partial charge in [0.25, 0.3) is 5.91 Å². The molecule has 0 bridgehead atoms. The first-order chi connectivity index (χ1) is 15.4. The van der Waals surface area contributed by atoms with E-state index in [1.807, 2.05) is 18.2 Å². The molecule has 0 aliphatic carbocycles. The Bertz CT molecular complexity index is 1040. The number of benzene rings is 2. The molecule has 1 atom stereocenters. The molecule has 0 aromatic heterocycles. The summed E-state index contributed by atoms with van der Waals surface area (Å²) in [6.07, 6.45) is 0.822. The lowest BCUT2D eigenvalue weighted by Crippen LogP contribution is -2.45. The molecule has 9 heteroatoms. The highest BCUT2D eigenvalue weighted by Crippen LogP contribution is 2.33. The normalized spacial score (nSPS) is 19.6. The molecule has 8 nitrogen and oxygen atoms in total. The summed E-state index contributed by atoms with van der Waals surface area (Å²) in [6, 6.07) is 10.4. The quantitative estimate of drug-likeness (QED) is 0.642. The molecule has 2 aliphatic rings. The number of carbonyl (C=O) groups excluding carboxylic acids is 3. The number of imide groups is 1. The van der Waals surface area contributed by atoms with Gasteiger partial charge < -0.3 is 20.1 Å². The van der Waals surface area contributed by atoms with Gasteiger partial charge >= 0.3 is 6.03 Å². The molecule has 2 aliphatic heterocycles. The standard InChI is InChI=1S/C23H24FN3O5/c1-2-23(16-4-6-17(24)7-5-16)21(29)27(22(30)26-23)14-20(28)25-10-9-15-3-8-18-19(13-15)32-12-11-31-18/h3-8,13H,2,9-12,14H2,1H3,(H,25,28)(H,26,30). The lowest BCUT2D eigenvalue weighted by molar-refractivity contribution is -0.135. The van der Waals surface area contributed by atoms with Crippen LogP contribution in [-0.2, 0) is 21.5 Å². The van der Waals surface area contributed by atoms with E-state index in [1.54, 1.807) is 6.92 Å². The van der Waals surface area contributed by atoms with Gasteiger partial charge in [-0.2, -0.15) is 0 Å². The summed E-state index contributed by atoms with van der Waals surface area (Å²) in [6.45, 7) is 2.70. The van der Waals surface area contributed by atoms with Crippen molar-refractivity contribution in [2.75, 3.05) is 26.3 Å². The number of hydrogen-bond donors (Lipinski definition) is 2. The Morgan fingerprint density at radius 1 is 1.12 bits per heavy atom. The molecule has 0 radical (unpaired) electrons. The zero-order valence-electron chi connectivity index (χ0n) is 17.7. The molecule has 4 amide bonds. The van der Waals surface area contributed by atoms with Crippen LogP contribution in [-0.4, -0.2) is 49.0 Å². The van der Waals surface area contributed by atoms with E-state index in [2.05, 4.69) is 10.6 Å². The molecule has 0 saturated carbocycles. The van der Waals surface area contributed by atoms with Gasteiger partial charge in [-0.15, -0.1) is 0 Å². The van der Waals surface area contributed by atoms with Gasteiger partial charge in [0, 0.05) is 6.54 Å². The second kappa shape index (κ2) is 8.86. The van der Waals surface area contributed by atoms with Gasteiger partial charge in [-0.3, -0.25) is 14.5 Å². The molecule has 2 N–H and O–H groups in total. The number of rotatable bonds is 7. The highest BCUT2D eigenvalue weighted by Gasteiger charge is 2.51. The van der Waals surface area contributed by atoms with Crippen LogP contribution in [0.2, 0.25) is 0 Å². The van der Waals surface area contributed by atoms with Crippen LogP contribution >= 0.6 is 0 Å². The van der Waals surface area contributed by atoms with Crippen molar-refractivity contribution in [1.82, 2.24) is 15.5 Å². The SMILES string of the molecule is CCC1(c2ccc(F)cc2)NC(=O)N(CC(=O)NCCc2ccc3c(c2)OCCO3)C1=O. The lowest BCUT2D eigenvalue weighted by Gasteiger charge is -2.25. The zero-order valence-corrected chi connectivity index (χ0v) is 17.7. The molecule has 1 saturated heterocycles. The minimum atomic E-state index is -1.31. The number of urea groups is 1. The van der Waals surface area contributed by atoms with E-state index in [0.717, 1.165) is 10.5 Å². The maximum Gasteiger partial charge on any atom is 0.325 e. The van der Waals surface area contributed by atoms with Gasteiger partial charge in [-0.1, -0.05) is 25.1 Å². The Morgan fingerprint density at radius 2 is 1.84 bits per heavy atom. The smallest absolute Gasteiger partial charge is 0.325 e. The van der Waals surface area contributed by atoms with Crippen molar-refractivity contribution >= 4 is 17.8 Å². The summed E-state index contributed by atoms with van der Waals surface area (Å²) >= 11 is 0. The van der Waals surface area contributed by atoms with Gasteiger partial charge in [-0.05, 0) is 48.2 Å². The third kappa shape index (κ3) is 4.10. The highest BCUT2D eigenvalue weighted by atomic mass is 19.1. The number of ether oxygens (including phenoxy) is 2. The van der Waals surface area contributed by atoms with E-state index in [1.165, 1.54) is 24.3 Å². The number of hydrogen-bond acceptors (Lipinski definition) is 5. The molecule has 1 unspecified atom stereocenters. The number of fused-ring (bicyclic) bond motifs is 1. The third-order valence-corrected chi connectivity index (χ3v) is 5.69. The monoisotopic (exact) mass is 441 g/mol. The maximum atomic E-state index is 13.3. The molecular weight excluding hydrogens is 417 g/mol. The van der Waals surface area contributed by atoms with Crippen molar-refractivity contribution in [2.24, 2.45) is 0 Å². The van der Waals surface area contributed by atoms with E-state index in [-0.39, 0.29) is 6.42 Å². The second-order valence-corrected chi connectivity index (χ2v) is 7.67. The van der Waals surface area contributed by atoms with Crippen LogP contribution in [0.5, 0.6) is 11.5 Å². The van der Waals surface area contributed by atoms with Crippen molar-refractivity contribution in [3.8, 4) is 11.5 Å². The van der Waals surface area contributed by atoms with Crippen LogP contribution in [0.15, 0.2) is 42.5 Å². The number of halogens is 1. The summed E-state index contributed by atoms with van der Waals surface area (Å²) in [5.41, 5.74) is 0.128.